The van der Waals surface area contributed by atoms with Crippen molar-refractivity contribution in [2.24, 2.45) is 0 Å². The summed E-state index contributed by atoms with van der Waals surface area (Å²) in [7, 11) is 0. The molecule has 126 valence electrons. The number of ether oxygens (including phenoxy) is 1. The number of carbonyl (C=O) groups excluding carboxylic acids is 2. The lowest BCUT2D eigenvalue weighted by atomic mass is 9.97. The second kappa shape index (κ2) is 7.05. The minimum atomic E-state index is -0.587. The highest BCUT2D eigenvalue weighted by atomic mass is 35.5. The molecule has 4 nitrogen and oxygen atoms in total. The van der Waals surface area contributed by atoms with Crippen molar-refractivity contribution in [2.45, 2.75) is 33.3 Å². The van der Waals surface area contributed by atoms with Gasteiger partial charge in [0.2, 0.25) is 0 Å². The van der Waals surface area contributed by atoms with Crippen LogP contribution in [-0.2, 0) is 4.74 Å². The maximum atomic E-state index is 12.0. The lowest BCUT2D eigenvalue weighted by Crippen LogP contribution is -2.27. The monoisotopic (exact) mass is 345 g/mol. The molecule has 2 aromatic rings. The van der Waals surface area contributed by atoms with Crippen LogP contribution in [0.1, 0.15) is 38.1 Å². The maximum Gasteiger partial charge on any atom is 0.412 e. The van der Waals surface area contributed by atoms with Gasteiger partial charge in [0, 0.05) is 16.3 Å². The lowest BCUT2D eigenvalue weighted by molar-refractivity contribution is 0.0635. The zero-order chi connectivity index (χ0) is 17.9. The molecule has 2 aromatic carbocycles. The van der Waals surface area contributed by atoms with Crippen LogP contribution in [0.5, 0.6) is 0 Å². The van der Waals surface area contributed by atoms with Crippen molar-refractivity contribution < 1.29 is 14.3 Å². The van der Waals surface area contributed by atoms with Crippen molar-refractivity contribution in [3.05, 3.63) is 53.1 Å². The van der Waals surface area contributed by atoms with Gasteiger partial charge in [0.1, 0.15) is 5.60 Å². The molecule has 0 spiro atoms. The van der Waals surface area contributed by atoms with Crippen molar-refractivity contribution in [2.75, 3.05) is 5.32 Å². The summed E-state index contributed by atoms with van der Waals surface area (Å²) < 4.78 is 5.22. The Bertz CT molecular complexity index is 761. The Morgan fingerprint density at radius 2 is 1.67 bits per heavy atom. The third kappa shape index (κ3) is 4.83. The first-order valence-corrected chi connectivity index (χ1v) is 7.94. The van der Waals surface area contributed by atoms with Crippen LogP contribution in [0.15, 0.2) is 42.5 Å². The molecule has 0 aliphatic heterocycles. The molecule has 0 saturated carbocycles. The molecule has 1 N–H and O–H groups in total. The Hall–Kier alpha value is -2.33. The first-order chi connectivity index (χ1) is 11.2. The number of amides is 1. The SMILES string of the molecule is CC(=O)c1cc(NC(=O)OC(C)(C)C)ccc1-c1ccc(Cl)cc1. The fourth-order valence-corrected chi connectivity index (χ4v) is 2.34. The molecule has 5 heteroatoms. The average Bonchev–Trinajstić information content (AvgIpc) is 2.46. The average molecular weight is 346 g/mol. The molecule has 0 unspecified atom stereocenters. The van der Waals surface area contributed by atoms with Gasteiger partial charge in [-0.25, -0.2) is 4.79 Å². The fourth-order valence-electron chi connectivity index (χ4n) is 2.22. The van der Waals surface area contributed by atoms with Crippen molar-refractivity contribution in [3.63, 3.8) is 0 Å². The number of benzene rings is 2. The highest BCUT2D eigenvalue weighted by molar-refractivity contribution is 6.30. The molecule has 0 bridgehead atoms. The molecular formula is C19H20ClNO3. The highest BCUT2D eigenvalue weighted by Gasteiger charge is 2.17. The van der Waals surface area contributed by atoms with E-state index in [9.17, 15) is 9.59 Å². The van der Waals surface area contributed by atoms with E-state index >= 15 is 0 Å². The Morgan fingerprint density at radius 1 is 1.04 bits per heavy atom. The molecule has 24 heavy (non-hydrogen) atoms. The van der Waals surface area contributed by atoms with Gasteiger partial charge in [-0.1, -0.05) is 29.8 Å². The quantitative estimate of drug-likeness (QED) is 0.741. The molecule has 0 atom stereocenters. The Morgan fingerprint density at radius 3 is 2.21 bits per heavy atom. The molecule has 2 rings (SSSR count). The van der Waals surface area contributed by atoms with Gasteiger partial charge in [0.25, 0.3) is 0 Å². The number of Topliss-reactive ketones (excluding diaryl/α,β-unsaturated/α-hetero) is 1. The van der Waals surface area contributed by atoms with E-state index < -0.39 is 11.7 Å². The molecular weight excluding hydrogens is 326 g/mol. The summed E-state index contributed by atoms with van der Waals surface area (Å²) in [6.07, 6.45) is -0.559. The van der Waals surface area contributed by atoms with E-state index in [2.05, 4.69) is 5.32 Å². The van der Waals surface area contributed by atoms with Gasteiger partial charge in [0.15, 0.2) is 5.78 Å². The van der Waals surface area contributed by atoms with Crippen LogP contribution in [0.2, 0.25) is 5.02 Å². The van der Waals surface area contributed by atoms with E-state index in [4.69, 9.17) is 16.3 Å². The fraction of sp³-hybridized carbons (Fsp3) is 0.263. The second-order valence-corrected chi connectivity index (χ2v) is 6.89. The van der Waals surface area contributed by atoms with Crippen LogP contribution in [0.3, 0.4) is 0 Å². The van der Waals surface area contributed by atoms with Gasteiger partial charge in [-0.2, -0.15) is 0 Å². The van der Waals surface area contributed by atoms with Gasteiger partial charge in [-0.05, 0) is 63.1 Å². The second-order valence-electron chi connectivity index (χ2n) is 6.45. The summed E-state index contributed by atoms with van der Waals surface area (Å²) in [6.45, 7) is 6.86. The Balaban J connectivity index is 2.32. The molecule has 0 radical (unpaired) electrons. The first-order valence-electron chi connectivity index (χ1n) is 7.56. The molecule has 0 aliphatic carbocycles. The number of carbonyl (C=O) groups is 2. The van der Waals surface area contributed by atoms with Crippen LogP contribution in [0.4, 0.5) is 10.5 Å². The summed E-state index contributed by atoms with van der Waals surface area (Å²) in [5.74, 6) is -0.0900. The number of anilines is 1. The number of halogens is 1. The Kier molecular flexibility index (Phi) is 5.30. The number of ketones is 1. The predicted molar refractivity (Wildman–Crippen MR) is 96.7 cm³/mol. The summed E-state index contributed by atoms with van der Waals surface area (Å²) in [6, 6.07) is 12.4. The van der Waals surface area contributed by atoms with Crippen LogP contribution >= 0.6 is 11.6 Å². The van der Waals surface area contributed by atoms with E-state index in [1.165, 1.54) is 6.92 Å². The van der Waals surface area contributed by atoms with E-state index in [0.717, 1.165) is 11.1 Å². The highest BCUT2D eigenvalue weighted by Crippen LogP contribution is 2.28. The molecule has 0 aliphatic rings. The summed E-state index contributed by atoms with van der Waals surface area (Å²) >= 11 is 5.91. The zero-order valence-electron chi connectivity index (χ0n) is 14.1. The van der Waals surface area contributed by atoms with E-state index in [1.807, 2.05) is 12.1 Å². The minimum absolute atomic E-state index is 0.0900. The lowest BCUT2D eigenvalue weighted by Gasteiger charge is -2.20. The third-order valence-electron chi connectivity index (χ3n) is 3.20. The van der Waals surface area contributed by atoms with Crippen molar-refractivity contribution in [1.29, 1.82) is 0 Å². The zero-order valence-corrected chi connectivity index (χ0v) is 14.9. The van der Waals surface area contributed by atoms with Crippen LogP contribution in [-0.4, -0.2) is 17.5 Å². The molecule has 1 amide bonds. The van der Waals surface area contributed by atoms with Gasteiger partial charge in [-0.3, -0.25) is 10.1 Å². The molecule has 0 heterocycles. The van der Waals surface area contributed by atoms with Crippen LogP contribution in [0.25, 0.3) is 11.1 Å². The maximum absolute atomic E-state index is 12.0. The number of hydrogen-bond acceptors (Lipinski definition) is 3. The number of hydrogen-bond donors (Lipinski definition) is 1. The van der Waals surface area contributed by atoms with Gasteiger partial charge < -0.3 is 4.74 Å². The van der Waals surface area contributed by atoms with E-state index in [0.29, 0.717) is 16.3 Å². The van der Waals surface area contributed by atoms with Crippen LogP contribution in [0, 0.1) is 0 Å². The molecule has 0 saturated heterocycles. The summed E-state index contributed by atoms with van der Waals surface area (Å²) in [5, 5.41) is 3.28. The summed E-state index contributed by atoms with van der Waals surface area (Å²) in [4.78, 5) is 23.9. The molecule has 0 fully saturated rings. The normalized spacial score (nSPS) is 11.0. The third-order valence-corrected chi connectivity index (χ3v) is 3.45. The smallest absolute Gasteiger partial charge is 0.412 e. The molecule has 0 aromatic heterocycles. The van der Waals surface area contributed by atoms with Crippen molar-refractivity contribution in [3.8, 4) is 11.1 Å². The van der Waals surface area contributed by atoms with Gasteiger partial charge >= 0.3 is 6.09 Å². The van der Waals surface area contributed by atoms with Crippen molar-refractivity contribution >= 4 is 29.2 Å². The number of nitrogens with one attached hydrogen (secondary N) is 1. The standard InChI is InChI=1S/C19H20ClNO3/c1-12(22)17-11-15(21-18(23)24-19(2,3)4)9-10-16(17)13-5-7-14(20)8-6-13/h5-11H,1-4H3,(H,21,23). The topological polar surface area (TPSA) is 55.4 Å². The first kappa shape index (κ1) is 18.0. The number of rotatable bonds is 3. The van der Waals surface area contributed by atoms with E-state index in [1.54, 1.807) is 51.1 Å². The van der Waals surface area contributed by atoms with Crippen LogP contribution < -0.4 is 5.32 Å². The van der Waals surface area contributed by atoms with Crippen molar-refractivity contribution in [1.82, 2.24) is 0 Å². The predicted octanol–water partition coefficient (Wildman–Crippen LogP) is 5.56. The van der Waals surface area contributed by atoms with Gasteiger partial charge in [0.05, 0.1) is 0 Å². The Labute approximate surface area is 146 Å². The largest absolute Gasteiger partial charge is 0.444 e. The van der Waals surface area contributed by atoms with Gasteiger partial charge in [-0.15, -0.1) is 0 Å². The minimum Gasteiger partial charge on any atom is -0.444 e. The summed E-state index contributed by atoms with van der Waals surface area (Å²) in [5.41, 5.74) is 2.11. The van der Waals surface area contributed by atoms with E-state index in [-0.39, 0.29) is 5.78 Å².